The van der Waals surface area contributed by atoms with Crippen LogP contribution < -0.4 is 10.1 Å². The summed E-state index contributed by atoms with van der Waals surface area (Å²) >= 11 is 6.09. The highest BCUT2D eigenvalue weighted by Crippen LogP contribution is 2.34. The minimum absolute atomic E-state index is 0.0450. The van der Waals surface area contributed by atoms with Crippen molar-refractivity contribution in [1.29, 1.82) is 0 Å². The van der Waals surface area contributed by atoms with Crippen molar-refractivity contribution in [3.8, 4) is 5.75 Å². The Hall–Kier alpha value is -1.26. The zero-order chi connectivity index (χ0) is 15.6. The molecule has 116 valence electrons. The summed E-state index contributed by atoms with van der Waals surface area (Å²) in [4.78, 5) is 11.5. The molecule has 0 aliphatic carbocycles. The summed E-state index contributed by atoms with van der Waals surface area (Å²) < 4.78 is 10.8. The second-order valence-electron chi connectivity index (χ2n) is 6.35. The van der Waals surface area contributed by atoms with E-state index in [0.717, 1.165) is 11.3 Å². The predicted molar refractivity (Wildman–Crippen MR) is 83.0 cm³/mol. The highest BCUT2D eigenvalue weighted by atomic mass is 35.5. The lowest BCUT2D eigenvalue weighted by atomic mass is 9.86. The zero-order valence-corrected chi connectivity index (χ0v) is 13.7. The van der Waals surface area contributed by atoms with Gasteiger partial charge >= 0.3 is 5.97 Å². The first-order valence-corrected chi connectivity index (χ1v) is 7.47. The van der Waals surface area contributed by atoms with Gasteiger partial charge in [0.25, 0.3) is 0 Å². The number of hydrogen-bond donors (Lipinski definition) is 1. The van der Waals surface area contributed by atoms with Gasteiger partial charge in [-0.1, -0.05) is 32.4 Å². The molecule has 1 saturated heterocycles. The van der Waals surface area contributed by atoms with Gasteiger partial charge in [0, 0.05) is 23.6 Å². The maximum atomic E-state index is 11.5. The van der Waals surface area contributed by atoms with Crippen LogP contribution in [0.4, 0.5) is 0 Å². The normalized spacial score (nSPS) is 22.1. The molecule has 0 aromatic heterocycles. The number of ether oxygens (including phenoxy) is 2. The lowest BCUT2D eigenvalue weighted by Crippen LogP contribution is -2.31. The van der Waals surface area contributed by atoms with E-state index in [1.807, 2.05) is 18.2 Å². The monoisotopic (exact) mass is 311 g/mol. The molecular weight excluding hydrogens is 290 g/mol. The molecule has 0 bridgehead atoms. The third-order valence-electron chi connectivity index (χ3n) is 3.62. The predicted octanol–water partition coefficient (Wildman–Crippen LogP) is 2.92. The highest BCUT2D eigenvalue weighted by Gasteiger charge is 2.32. The Morgan fingerprint density at radius 3 is 2.71 bits per heavy atom. The van der Waals surface area contributed by atoms with Gasteiger partial charge in [-0.25, -0.2) is 0 Å². The van der Waals surface area contributed by atoms with E-state index in [0.29, 0.717) is 18.0 Å². The van der Waals surface area contributed by atoms with E-state index in [1.54, 1.807) is 0 Å². The number of hydrogen-bond acceptors (Lipinski definition) is 4. The molecule has 1 aromatic carbocycles. The minimum Gasteiger partial charge on any atom is -0.489 e. The molecule has 0 unspecified atom stereocenters. The molecule has 1 aliphatic heterocycles. The smallest absolute Gasteiger partial charge is 0.323 e. The molecular formula is C16H22ClNO3. The summed E-state index contributed by atoms with van der Waals surface area (Å²) in [7, 11) is 1.40. The number of esters is 1. The maximum Gasteiger partial charge on any atom is 0.323 e. The van der Waals surface area contributed by atoms with Crippen molar-refractivity contribution in [1.82, 2.24) is 5.32 Å². The van der Waals surface area contributed by atoms with E-state index in [2.05, 4.69) is 26.1 Å². The molecule has 0 radical (unpaired) electrons. The van der Waals surface area contributed by atoms with Crippen molar-refractivity contribution in [2.45, 2.75) is 44.8 Å². The number of rotatable bonds is 3. The third-order valence-corrected chi connectivity index (χ3v) is 3.85. The van der Waals surface area contributed by atoms with Crippen molar-refractivity contribution in [2.24, 2.45) is 0 Å². The van der Waals surface area contributed by atoms with Gasteiger partial charge in [-0.3, -0.25) is 4.79 Å². The Balaban J connectivity index is 2.12. The maximum absolute atomic E-state index is 11.5. The molecule has 0 amide bonds. The standard InChI is InChI=1S/C16H22ClNO3/c1-16(2,3)12-7-10(17)5-6-14(12)21-11-8-13(18-9-11)15(19)20-4/h5-7,11,13,18H,8-9H2,1-4H3/t11-,13+/m1/s1. The van der Waals surface area contributed by atoms with Crippen LogP contribution in [-0.2, 0) is 14.9 Å². The Kier molecular flexibility index (Phi) is 4.79. The molecule has 4 nitrogen and oxygen atoms in total. The summed E-state index contributed by atoms with van der Waals surface area (Å²) in [6.45, 7) is 6.99. The average molecular weight is 312 g/mol. The quantitative estimate of drug-likeness (QED) is 0.872. The van der Waals surface area contributed by atoms with Crippen LogP contribution in [-0.4, -0.2) is 31.8 Å². The van der Waals surface area contributed by atoms with Crippen LogP contribution in [0, 0.1) is 0 Å². The average Bonchev–Trinajstić information content (AvgIpc) is 2.87. The van der Waals surface area contributed by atoms with Crippen LogP contribution in [0.5, 0.6) is 5.75 Å². The van der Waals surface area contributed by atoms with Crippen molar-refractivity contribution in [3.05, 3.63) is 28.8 Å². The van der Waals surface area contributed by atoms with Gasteiger partial charge in [0.2, 0.25) is 0 Å². The van der Waals surface area contributed by atoms with E-state index in [-0.39, 0.29) is 23.5 Å². The molecule has 2 atom stereocenters. The van der Waals surface area contributed by atoms with Crippen LogP contribution in [0.25, 0.3) is 0 Å². The van der Waals surface area contributed by atoms with Gasteiger partial charge in [0.05, 0.1) is 7.11 Å². The van der Waals surface area contributed by atoms with Crippen LogP contribution >= 0.6 is 11.6 Å². The van der Waals surface area contributed by atoms with E-state index < -0.39 is 0 Å². The van der Waals surface area contributed by atoms with E-state index in [9.17, 15) is 4.79 Å². The summed E-state index contributed by atoms with van der Waals surface area (Å²) in [5.41, 5.74) is 1.00. The minimum atomic E-state index is -0.287. The fraction of sp³-hybridized carbons (Fsp3) is 0.562. The van der Waals surface area contributed by atoms with Gasteiger partial charge in [0.1, 0.15) is 17.9 Å². The summed E-state index contributed by atoms with van der Waals surface area (Å²) in [6.07, 6.45) is 0.565. The van der Waals surface area contributed by atoms with Gasteiger partial charge in [-0.15, -0.1) is 0 Å². The number of methoxy groups -OCH3 is 1. The van der Waals surface area contributed by atoms with E-state index in [1.165, 1.54) is 7.11 Å². The van der Waals surface area contributed by atoms with E-state index >= 15 is 0 Å². The fourth-order valence-corrected chi connectivity index (χ4v) is 2.66. The Morgan fingerprint density at radius 1 is 1.38 bits per heavy atom. The molecule has 2 rings (SSSR count). The SMILES string of the molecule is COC(=O)[C@@H]1C[C@@H](Oc2ccc(Cl)cc2C(C)(C)C)CN1. The first-order chi connectivity index (χ1) is 9.81. The van der Waals surface area contributed by atoms with Crippen LogP contribution in [0.1, 0.15) is 32.8 Å². The molecule has 0 saturated carbocycles. The highest BCUT2D eigenvalue weighted by molar-refractivity contribution is 6.30. The third kappa shape index (κ3) is 3.89. The van der Waals surface area contributed by atoms with Gasteiger partial charge < -0.3 is 14.8 Å². The Labute approximate surface area is 130 Å². The lowest BCUT2D eigenvalue weighted by molar-refractivity contribution is -0.142. The number of carbonyl (C=O) groups is 1. The molecule has 0 spiro atoms. The van der Waals surface area contributed by atoms with Crippen LogP contribution in [0.2, 0.25) is 5.02 Å². The van der Waals surface area contributed by atoms with Crippen LogP contribution in [0.15, 0.2) is 18.2 Å². The Bertz CT molecular complexity index is 525. The van der Waals surface area contributed by atoms with Crippen molar-refractivity contribution >= 4 is 17.6 Å². The first kappa shape index (κ1) is 16.1. The molecule has 1 fully saturated rings. The number of benzene rings is 1. The topological polar surface area (TPSA) is 47.6 Å². The summed E-state index contributed by atoms with van der Waals surface area (Å²) in [5, 5.41) is 3.82. The van der Waals surface area contributed by atoms with Gasteiger partial charge in [0.15, 0.2) is 0 Å². The largest absolute Gasteiger partial charge is 0.489 e. The zero-order valence-electron chi connectivity index (χ0n) is 12.9. The molecule has 1 aromatic rings. The molecule has 1 heterocycles. The second kappa shape index (κ2) is 6.24. The van der Waals surface area contributed by atoms with Crippen molar-refractivity contribution in [3.63, 3.8) is 0 Å². The molecule has 21 heavy (non-hydrogen) atoms. The first-order valence-electron chi connectivity index (χ1n) is 7.09. The lowest BCUT2D eigenvalue weighted by Gasteiger charge is -2.25. The van der Waals surface area contributed by atoms with Crippen molar-refractivity contribution in [2.75, 3.05) is 13.7 Å². The Morgan fingerprint density at radius 2 is 2.10 bits per heavy atom. The fourth-order valence-electron chi connectivity index (χ4n) is 2.49. The van der Waals surface area contributed by atoms with Crippen molar-refractivity contribution < 1.29 is 14.3 Å². The number of carbonyl (C=O) groups excluding carboxylic acids is 1. The van der Waals surface area contributed by atoms with Crippen LogP contribution in [0.3, 0.4) is 0 Å². The summed E-state index contributed by atoms with van der Waals surface area (Å²) in [5.74, 6) is 0.581. The summed E-state index contributed by atoms with van der Waals surface area (Å²) in [6, 6.07) is 5.38. The van der Waals surface area contributed by atoms with Gasteiger partial charge in [-0.05, 0) is 23.6 Å². The number of nitrogens with one attached hydrogen (secondary N) is 1. The van der Waals surface area contributed by atoms with Gasteiger partial charge in [-0.2, -0.15) is 0 Å². The number of halogens is 1. The van der Waals surface area contributed by atoms with E-state index in [4.69, 9.17) is 21.1 Å². The molecule has 1 aliphatic rings. The second-order valence-corrected chi connectivity index (χ2v) is 6.79. The molecule has 5 heteroatoms. The molecule has 1 N–H and O–H groups in total.